The summed E-state index contributed by atoms with van der Waals surface area (Å²) in [4.78, 5) is 19.2. The number of hydrogen-bond donors (Lipinski definition) is 4. The minimum Gasteiger partial charge on any atom is -0.396 e. The van der Waals surface area contributed by atoms with Crippen molar-refractivity contribution >= 4 is 33.3 Å². The van der Waals surface area contributed by atoms with Crippen molar-refractivity contribution in [3.63, 3.8) is 0 Å². The van der Waals surface area contributed by atoms with Crippen LogP contribution in [-0.4, -0.2) is 58.8 Å². The van der Waals surface area contributed by atoms with Gasteiger partial charge >= 0.3 is 0 Å². The third kappa shape index (κ3) is 4.79. The molecule has 4 aliphatic carbocycles. The van der Waals surface area contributed by atoms with Crippen LogP contribution in [0.5, 0.6) is 0 Å². The van der Waals surface area contributed by atoms with Gasteiger partial charge in [-0.15, -0.1) is 0 Å². The van der Waals surface area contributed by atoms with Crippen LogP contribution >= 0.6 is 21.6 Å². The number of carbonyl (C=O) groups excluding carboxylic acids is 1. The maximum atomic E-state index is 14.5. The van der Waals surface area contributed by atoms with Crippen molar-refractivity contribution < 1.29 is 15.0 Å². The van der Waals surface area contributed by atoms with Crippen LogP contribution in [0.25, 0.3) is 0 Å². The SMILES string of the molecule is CC12CCSSCC34CCC(CC#Cc5ccccc5CC3CN=C(N)N4)C3=C4CC1CC(CO)C(CCCO)C42CC3=O. The molecule has 7 rings (SSSR count). The summed E-state index contributed by atoms with van der Waals surface area (Å²) in [5.74, 6) is 11.2. The zero-order chi connectivity index (χ0) is 30.5. The van der Waals surface area contributed by atoms with Gasteiger partial charge in [-0.1, -0.05) is 64.1 Å². The van der Waals surface area contributed by atoms with Crippen LogP contribution in [-0.2, 0) is 11.2 Å². The fraction of sp³-hybridized carbons (Fsp3) is 0.667. The standard InChI is InChI=1S/C36H47N3O3S2/c1-34-13-15-43-44-22-35-12-11-24(9-4-8-23-6-2-3-7-25(23)16-28(35)20-38-33(37)39-35)32-30-18-27(34)17-26(21-41)29(10-5-14-40)36(30,34)19-31(32)42/h2-3,6-7,24,26-29,40-41H,5,9-22H2,1H3,(H3,37,38,39). The molecule has 0 amide bonds. The lowest BCUT2D eigenvalue weighted by molar-refractivity contribution is -0.125. The van der Waals surface area contributed by atoms with Crippen LogP contribution in [0.15, 0.2) is 40.4 Å². The molecule has 8 atom stereocenters. The van der Waals surface area contributed by atoms with Gasteiger partial charge in [0.1, 0.15) is 0 Å². The van der Waals surface area contributed by atoms with Crippen LogP contribution in [0, 0.1) is 52.3 Å². The number of carbonyl (C=O) groups is 1. The van der Waals surface area contributed by atoms with E-state index in [2.05, 4.69) is 48.3 Å². The number of allylic oxidation sites excluding steroid dienone is 2. The average molecular weight is 634 g/mol. The third-order valence-electron chi connectivity index (χ3n) is 12.8. The maximum Gasteiger partial charge on any atom is 0.189 e. The molecule has 0 saturated heterocycles. The highest BCUT2D eigenvalue weighted by Gasteiger charge is 2.70. The van der Waals surface area contributed by atoms with E-state index in [1.54, 1.807) is 0 Å². The zero-order valence-corrected chi connectivity index (χ0v) is 27.6. The predicted octanol–water partition coefficient (Wildman–Crippen LogP) is 5.12. The minimum atomic E-state index is -0.225. The van der Waals surface area contributed by atoms with Gasteiger partial charge in [-0.25, -0.2) is 0 Å². The lowest BCUT2D eigenvalue weighted by Crippen LogP contribution is -2.62. The van der Waals surface area contributed by atoms with Gasteiger partial charge in [0.2, 0.25) is 0 Å². The molecule has 0 radical (unpaired) electrons. The van der Waals surface area contributed by atoms with Gasteiger partial charge in [-0.05, 0) is 97.7 Å². The van der Waals surface area contributed by atoms with Gasteiger partial charge in [0.15, 0.2) is 11.7 Å². The van der Waals surface area contributed by atoms with Gasteiger partial charge in [0, 0.05) is 61.0 Å². The van der Waals surface area contributed by atoms with Crippen LogP contribution in [0.4, 0.5) is 0 Å². The first-order chi connectivity index (χ1) is 21.3. The lowest BCUT2D eigenvalue weighted by Gasteiger charge is -2.57. The number of aliphatic hydroxyl groups excluding tert-OH is 2. The second kappa shape index (κ2) is 12.0. The largest absolute Gasteiger partial charge is 0.396 e. The summed E-state index contributed by atoms with van der Waals surface area (Å²) in [7, 11) is 3.95. The molecule has 8 heteroatoms. The van der Waals surface area contributed by atoms with E-state index in [1.807, 2.05) is 21.6 Å². The molecule has 44 heavy (non-hydrogen) atoms. The van der Waals surface area contributed by atoms with Crippen molar-refractivity contribution in [3.8, 4) is 11.8 Å². The second-order valence-electron chi connectivity index (χ2n) is 14.6. The molecule has 236 valence electrons. The normalized spacial score (nSPS) is 39.8. The fourth-order valence-electron chi connectivity index (χ4n) is 10.6. The number of guanidine groups is 1. The predicted molar refractivity (Wildman–Crippen MR) is 180 cm³/mol. The van der Waals surface area contributed by atoms with Crippen molar-refractivity contribution in [1.82, 2.24) is 5.32 Å². The topological polar surface area (TPSA) is 108 Å². The van der Waals surface area contributed by atoms with E-state index >= 15 is 0 Å². The Bertz CT molecular complexity index is 1430. The number of hydrogen-bond acceptors (Lipinski definition) is 8. The van der Waals surface area contributed by atoms with Crippen LogP contribution < -0.4 is 11.1 Å². The Morgan fingerprint density at radius 3 is 2.86 bits per heavy atom. The molecule has 5 N–H and O–H groups in total. The quantitative estimate of drug-likeness (QED) is 0.269. The number of nitrogens with two attached hydrogens (primary N) is 1. The third-order valence-corrected chi connectivity index (χ3v) is 15.3. The van der Waals surface area contributed by atoms with Crippen molar-refractivity contribution in [2.45, 2.75) is 76.7 Å². The first kappa shape index (κ1) is 30.7. The highest BCUT2D eigenvalue weighted by molar-refractivity contribution is 8.76. The Balaban J connectivity index is 1.39. The molecular formula is C36H47N3O3S2. The number of benzene rings is 1. The number of aliphatic hydroxyl groups is 2. The lowest BCUT2D eigenvalue weighted by atomic mass is 9.47. The van der Waals surface area contributed by atoms with Crippen molar-refractivity contribution in [2.75, 3.05) is 31.3 Å². The van der Waals surface area contributed by atoms with Crippen LogP contribution in [0.2, 0.25) is 0 Å². The Morgan fingerprint density at radius 2 is 2.02 bits per heavy atom. The van der Waals surface area contributed by atoms with Gasteiger partial charge in [-0.3, -0.25) is 9.79 Å². The summed E-state index contributed by atoms with van der Waals surface area (Å²) in [6, 6.07) is 8.53. The molecule has 2 spiro atoms. The molecule has 0 aromatic heterocycles. The van der Waals surface area contributed by atoms with Crippen molar-refractivity contribution in [3.05, 3.63) is 46.5 Å². The number of nitrogens with one attached hydrogen (secondary N) is 1. The molecule has 6 nitrogen and oxygen atoms in total. The fourth-order valence-corrected chi connectivity index (χ4v) is 13.5. The van der Waals surface area contributed by atoms with E-state index in [1.165, 1.54) is 11.1 Å². The summed E-state index contributed by atoms with van der Waals surface area (Å²) in [5.41, 5.74) is 10.8. The monoisotopic (exact) mass is 633 g/mol. The number of rotatable bonds is 4. The summed E-state index contributed by atoms with van der Waals surface area (Å²) < 4.78 is 0. The Kier molecular flexibility index (Phi) is 8.40. The number of aliphatic imine (C=N–C) groups is 1. The van der Waals surface area contributed by atoms with E-state index in [9.17, 15) is 15.0 Å². The van der Waals surface area contributed by atoms with E-state index in [4.69, 9.17) is 10.7 Å². The first-order valence-corrected chi connectivity index (χ1v) is 19.2. The zero-order valence-electron chi connectivity index (χ0n) is 25.9. The summed E-state index contributed by atoms with van der Waals surface area (Å²) in [6.07, 6.45) is 8.58. The molecule has 2 aliphatic heterocycles. The summed E-state index contributed by atoms with van der Waals surface area (Å²) >= 11 is 0. The minimum absolute atomic E-state index is 0.00809. The molecule has 6 aliphatic rings. The van der Waals surface area contributed by atoms with Gasteiger partial charge < -0.3 is 21.3 Å². The van der Waals surface area contributed by atoms with Gasteiger partial charge in [-0.2, -0.15) is 0 Å². The summed E-state index contributed by atoms with van der Waals surface area (Å²) in [5, 5.41) is 24.3. The Hall–Kier alpha value is -1.92. The molecule has 2 heterocycles. The second-order valence-corrected chi connectivity index (χ2v) is 17.2. The molecule has 7 bridgehead atoms. The highest BCUT2D eigenvalue weighted by Crippen LogP contribution is 2.75. The Morgan fingerprint density at radius 1 is 1.16 bits per heavy atom. The average Bonchev–Trinajstić information content (AvgIpc) is 3.34. The van der Waals surface area contributed by atoms with Gasteiger partial charge in [0.05, 0.1) is 5.54 Å². The van der Waals surface area contributed by atoms with E-state index in [-0.39, 0.29) is 53.3 Å². The van der Waals surface area contributed by atoms with E-state index in [0.29, 0.717) is 37.0 Å². The maximum absolute atomic E-state index is 14.5. The van der Waals surface area contributed by atoms with Crippen LogP contribution in [0.1, 0.15) is 75.8 Å². The van der Waals surface area contributed by atoms with Crippen LogP contribution in [0.3, 0.4) is 0 Å². The number of nitrogens with zero attached hydrogens (tertiary/aromatic N) is 1. The smallest absolute Gasteiger partial charge is 0.189 e. The van der Waals surface area contributed by atoms with Crippen molar-refractivity contribution in [2.24, 2.45) is 51.1 Å². The summed E-state index contributed by atoms with van der Waals surface area (Å²) in [6.45, 7) is 3.49. The van der Waals surface area contributed by atoms with E-state index in [0.717, 1.165) is 74.0 Å². The Labute approximate surface area is 270 Å². The molecular weight excluding hydrogens is 587 g/mol. The molecule has 2 saturated carbocycles. The number of ketones is 1. The van der Waals surface area contributed by atoms with E-state index < -0.39 is 0 Å². The number of fused-ring (bicyclic) bond motifs is 4. The van der Waals surface area contributed by atoms with Crippen molar-refractivity contribution in [1.29, 1.82) is 0 Å². The number of Topliss-reactive ketones (excluding diaryl/α,β-unsaturated/α-hetero) is 1. The molecule has 2 fully saturated rings. The molecule has 1 aromatic rings. The highest BCUT2D eigenvalue weighted by atomic mass is 33.1. The molecule has 1 aromatic carbocycles. The first-order valence-electron chi connectivity index (χ1n) is 16.7. The van der Waals surface area contributed by atoms with Gasteiger partial charge in [0.25, 0.3) is 0 Å². The molecule has 8 unspecified atom stereocenters.